The molecule has 21 heavy (non-hydrogen) atoms. The van der Waals surface area contributed by atoms with Crippen molar-refractivity contribution in [3.8, 4) is 0 Å². The molecule has 0 aliphatic rings. The molecular formula is C12H9BrFNO4S2. The summed E-state index contributed by atoms with van der Waals surface area (Å²) in [5.41, 5.74) is -0.311. The highest BCUT2D eigenvalue weighted by Gasteiger charge is 2.20. The number of benzene rings is 1. The van der Waals surface area contributed by atoms with Gasteiger partial charge in [0.05, 0.1) is 5.56 Å². The summed E-state index contributed by atoms with van der Waals surface area (Å²) in [4.78, 5) is 10.9. The normalized spacial score (nSPS) is 11.5. The van der Waals surface area contributed by atoms with Crippen LogP contribution < -0.4 is 4.72 Å². The molecule has 0 radical (unpaired) electrons. The Labute approximate surface area is 132 Å². The van der Waals surface area contributed by atoms with E-state index in [2.05, 4.69) is 20.7 Å². The van der Waals surface area contributed by atoms with Crippen LogP contribution >= 0.6 is 27.3 Å². The van der Waals surface area contributed by atoms with Crippen molar-refractivity contribution in [1.82, 2.24) is 4.72 Å². The van der Waals surface area contributed by atoms with Crippen LogP contribution in [-0.2, 0) is 16.6 Å². The van der Waals surface area contributed by atoms with Gasteiger partial charge in [-0.15, -0.1) is 11.3 Å². The molecule has 1 aromatic heterocycles. The number of sulfonamides is 1. The van der Waals surface area contributed by atoms with E-state index in [1.165, 1.54) is 11.3 Å². The molecule has 0 saturated carbocycles. The van der Waals surface area contributed by atoms with Gasteiger partial charge in [0.1, 0.15) is 10.7 Å². The smallest absolute Gasteiger partial charge is 0.335 e. The van der Waals surface area contributed by atoms with Gasteiger partial charge in [-0.2, -0.15) is 0 Å². The molecule has 0 spiro atoms. The van der Waals surface area contributed by atoms with Crippen molar-refractivity contribution in [3.05, 3.63) is 50.4 Å². The van der Waals surface area contributed by atoms with Gasteiger partial charge < -0.3 is 5.11 Å². The molecule has 0 amide bonds. The minimum atomic E-state index is -4.05. The number of thiophene rings is 1. The Morgan fingerprint density at radius 2 is 2.10 bits per heavy atom. The lowest BCUT2D eigenvalue weighted by Crippen LogP contribution is -2.24. The summed E-state index contributed by atoms with van der Waals surface area (Å²) in [6.07, 6.45) is 0. The number of halogens is 2. The van der Waals surface area contributed by atoms with E-state index in [1.807, 2.05) is 0 Å². The van der Waals surface area contributed by atoms with Crippen LogP contribution in [0.25, 0.3) is 0 Å². The molecule has 2 rings (SSSR count). The van der Waals surface area contributed by atoms with Gasteiger partial charge in [-0.3, -0.25) is 0 Å². The maximum atomic E-state index is 13.7. The maximum Gasteiger partial charge on any atom is 0.335 e. The molecule has 1 aromatic carbocycles. The molecule has 5 nitrogen and oxygen atoms in total. The molecule has 2 aromatic rings. The number of carbonyl (C=O) groups is 1. The fraction of sp³-hybridized carbons (Fsp3) is 0.0833. The molecular weight excluding hydrogens is 385 g/mol. The fourth-order valence-corrected chi connectivity index (χ4v) is 4.09. The third-order valence-corrected chi connectivity index (χ3v) is 5.66. The Hall–Kier alpha value is -1.29. The highest BCUT2D eigenvalue weighted by Crippen LogP contribution is 2.21. The SMILES string of the molecule is O=C(O)c1ccc(S(=O)(=O)NCc2cc(Br)cs2)c(F)c1. The Kier molecular flexibility index (Phi) is 4.77. The van der Waals surface area contributed by atoms with Gasteiger partial charge >= 0.3 is 5.97 Å². The van der Waals surface area contributed by atoms with E-state index in [1.54, 1.807) is 11.4 Å². The van der Waals surface area contributed by atoms with Crippen LogP contribution in [0, 0.1) is 5.82 Å². The van der Waals surface area contributed by atoms with E-state index in [0.29, 0.717) is 6.07 Å². The van der Waals surface area contributed by atoms with Gasteiger partial charge in [0.2, 0.25) is 10.0 Å². The first-order valence-corrected chi connectivity index (χ1v) is 8.70. The molecule has 0 bridgehead atoms. The highest BCUT2D eigenvalue weighted by atomic mass is 79.9. The average Bonchev–Trinajstić information content (AvgIpc) is 2.82. The van der Waals surface area contributed by atoms with E-state index in [-0.39, 0.29) is 12.1 Å². The van der Waals surface area contributed by atoms with Crippen molar-refractivity contribution < 1.29 is 22.7 Å². The van der Waals surface area contributed by atoms with E-state index < -0.39 is 26.7 Å². The van der Waals surface area contributed by atoms with Crippen molar-refractivity contribution in [1.29, 1.82) is 0 Å². The molecule has 0 unspecified atom stereocenters. The van der Waals surface area contributed by atoms with E-state index in [9.17, 15) is 17.6 Å². The third kappa shape index (κ3) is 3.88. The molecule has 112 valence electrons. The second-order valence-electron chi connectivity index (χ2n) is 4.01. The van der Waals surface area contributed by atoms with E-state index in [0.717, 1.165) is 21.5 Å². The molecule has 2 N–H and O–H groups in total. The Balaban J connectivity index is 2.21. The zero-order chi connectivity index (χ0) is 15.6. The third-order valence-electron chi connectivity index (χ3n) is 2.53. The predicted octanol–water partition coefficient (Wildman–Crippen LogP) is 2.83. The maximum absolute atomic E-state index is 13.7. The number of nitrogens with one attached hydrogen (secondary N) is 1. The second-order valence-corrected chi connectivity index (χ2v) is 7.65. The van der Waals surface area contributed by atoms with Crippen LogP contribution in [0.1, 0.15) is 15.2 Å². The molecule has 0 aliphatic heterocycles. The van der Waals surface area contributed by atoms with Gasteiger partial charge in [-0.05, 0) is 40.2 Å². The first-order valence-electron chi connectivity index (χ1n) is 5.55. The monoisotopic (exact) mass is 393 g/mol. The minimum absolute atomic E-state index is 0.0265. The van der Waals surface area contributed by atoms with Gasteiger partial charge in [-0.25, -0.2) is 22.3 Å². The van der Waals surface area contributed by atoms with Crippen molar-refractivity contribution in [2.24, 2.45) is 0 Å². The van der Waals surface area contributed by atoms with E-state index in [4.69, 9.17) is 5.11 Å². The van der Waals surface area contributed by atoms with Gasteiger partial charge in [0, 0.05) is 21.3 Å². The van der Waals surface area contributed by atoms with Crippen molar-refractivity contribution in [3.63, 3.8) is 0 Å². The first-order chi connectivity index (χ1) is 9.79. The highest BCUT2D eigenvalue weighted by molar-refractivity contribution is 9.10. The fourth-order valence-electron chi connectivity index (χ4n) is 1.54. The Bertz CT molecular complexity index is 788. The zero-order valence-electron chi connectivity index (χ0n) is 10.3. The van der Waals surface area contributed by atoms with Crippen LogP contribution in [0.3, 0.4) is 0 Å². The minimum Gasteiger partial charge on any atom is -0.478 e. The summed E-state index contributed by atoms with van der Waals surface area (Å²) in [7, 11) is -4.05. The van der Waals surface area contributed by atoms with Crippen molar-refractivity contribution in [2.75, 3.05) is 0 Å². The quantitative estimate of drug-likeness (QED) is 0.817. The zero-order valence-corrected chi connectivity index (χ0v) is 13.6. The molecule has 0 aliphatic carbocycles. The number of aromatic carboxylic acids is 1. The molecule has 0 fully saturated rings. The van der Waals surface area contributed by atoms with Gasteiger partial charge in [0.25, 0.3) is 0 Å². The van der Waals surface area contributed by atoms with Gasteiger partial charge in [0.15, 0.2) is 0 Å². The van der Waals surface area contributed by atoms with E-state index >= 15 is 0 Å². The summed E-state index contributed by atoms with van der Waals surface area (Å²) in [5, 5.41) is 10.5. The largest absolute Gasteiger partial charge is 0.478 e. The number of carboxylic acids is 1. The van der Waals surface area contributed by atoms with Crippen LogP contribution in [0.2, 0.25) is 0 Å². The van der Waals surface area contributed by atoms with Crippen LogP contribution in [0.4, 0.5) is 4.39 Å². The first kappa shape index (κ1) is 16.1. The number of hydrogen-bond acceptors (Lipinski definition) is 4. The van der Waals surface area contributed by atoms with Crippen LogP contribution in [0.5, 0.6) is 0 Å². The number of carboxylic acid groups (broad SMARTS) is 1. The summed E-state index contributed by atoms with van der Waals surface area (Å²) in [6, 6.07) is 4.41. The molecule has 0 saturated heterocycles. The molecule has 1 heterocycles. The molecule has 0 atom stereocenters. The summed E-state index contributed by atoms with van der Waals surface area (Å²) >= 11 is 4.60. The predicted molar refractivity (Wildman–Crippen MR) is 79.4 cm³/mol. The second kappa shape index (κ2) is 6.22. The summed E-state index contributed by atoms with van der Waals surface area (Å²) in [6.45, 7) is 0.0265. The summed E-state index contributed by atoms with van der Waals surface area (Å²) in [5.74, 6) is -2.43. The molecule has 9 heteroatoms. The number of hydrogen-bond donors (Lipinski definition) is 2. The number of rotatable bonds is 5. The van der Waals surface area contributed by atoms with Gasteiger partial charge in [-0.1, -0.05) is 0 Å². The standard InChI is InChI=1S/C12H9BrFNO4S2/c13-8-4-9(20-6-8)5-15-21(18,19)11-2-1-7(12(16)17)3-10(11)14/h1-4,6,15H,5H2,(H,16,17). The topological polar surface area (TPSA) is 83.5 Å². The lowest BCUT2D eigenvalue weighted by atomic mass is 10.2. The van der Waals surface area contributed by atoms with Crippen LogP contribution in [-0.4, -0.2) is 19.5 Å². The van der Waals surface area contributed by atoms with Crippen molar-refractivity contribution in [2.45, 2.75) is 11.4 Å². The average molecular weight is 394 g/mol. The summed E-state index contributed by atoms with van der Waals surface area (Å²) < 4.78 is 40.9. The Morgan fingerprint density at radius 1 is 1.38 bits per heavy atom. The lowest BCUT2D eigenvalue weighted by Gasteiger charge is -2.07. The van der Waals surface area contributed by atoms with Crippen molar-refractivity contribution >= 4 is 43.3 Å². The Morgan fingerprint density at radius 3 is 2.62 bits per heavy atom. The lowest BCUT2D eigenvalue weighted by molar-refractivity contribution is 0.0696. The van der Waals surface area contributed by atoms with Crippen LogP contribution in [0.15, 0.2) is 39.0 Å².